The molecule has 0 radical (unpaired) electrons. The van der Waals surface area contributed by atoms with Crippen molar-refractivity contribution in [3.63, 3.8) is 0 Å². The highest BCUT2D eigenvalue weighted by Crippen LogP contribution is 2.29. The number of H-pyrrole nitrogens is 1. The Morgan fingerprint density at radius 2 is 2.12 bits per heavy atom. The lowest BCUT2D eigenvalue weighted by Gasteiger charge is -1.96. The molecular weight excluding hydrogens is 220 g/mol. The first-order valence-corrected chi connectivity index (χ1v) is 5.75. The molecule has 2 heterocycles. The molecule has 0 saturated carbocycles. The summed E-state index contributed by atoms with van der Waals surface area (Å²) in [5, 5.41) is 10.4. The van der Waals surface area contributed by atoms with Crippen molar-refractivity contribution in [2.24, 2.45) is 0 Å². The van der Waals surface area contributed by atoms with E-state index in [4.69, 9.17) is 0 Å². The maximum absolute atomic E-state index is 9.36. The average Bonchev–Trinajstić information content (AvgIpc) is 2.81. The van der Waals surface area contributed by atoms with Gasteiger partial charge in [-0.05, 0) is 36.2 Å². The topological polar surface area (TPSA) is 48.9 Å². The van der Waals surface area contributed by atoms with Crippen molar-refractivity contribution in [3.8, 4) is 16.3 Å². The maximum atomic E-state index is 9.36. The van der Waals surface area contributed by atoms with Crippen molar-refractivity contribution in [1.29, 1.82) is 0 Å². The second kappa shape index (κ2) is 3.35. The SMILES string of the molecule is Cc1cc(-c2ccc3cc(O)[nH]c3c2)sn1. The highest BCUT2D eigenvalue weighted by Gasteiger charge is 2.05. The molecule has 0 atom stereocenters. The lowest BCUT2D eigenvalue weighted by molar-refractivity contribution is 0.458. The van der Waals surface area contributed by atoms with E-state index >= 15 is 0 Å². The van der Waals surface area contributed by atoms with E-state index in [0.717, 1.165) is 27.0 Å². The lowest BCUT2D eigenvalue weighted by Crippen LogP contribution is -1.73. The molecule has 0 fully saturated rings. The minimum absolute atomic E-state index is 0.202. The Kier molecular flexibility index (Phi) is 1.97. The summed E-state index contributed by atoms with van der Waals surface area (Å²) in [6.07, 6.45) is 0. The van der Waals surface area contributed by atoms with Crippen molar-refractivity contribution < 1.29 is 5.11 Å². The minimum atomic E-state index is 0.202. The van der Waals surface area contributed by atoms with Gasteiger partial charge in [0.25, 0.3) is 0 Å². The second-order valence-electron chi connectivity index (χ2n) is 3.79. The monoisotopic (exact) mass is 230 g/mol. The zero-order valence-electron chi connectivity index (χ0n) is 8.69. The molecule has 0 amide bonds. The third kappa shape index (κ3) is 1.47. The highest BCUT2D eigenvalue weighted by molar-refractivity contribution is 7.09. The molecule has 80 valence electrons. The quantitative estimate of drug-likeness (QED) is 0.673. The van der Waals surface area contributed by atoms with Crippen molar-refractivity contribution in [2.75, 3.05) is 0 Å². The van der Waals surface area contributed by atoms with Crippen molar-refractivity contribution in [3.05, 3.63) is 36.0 Å². The van der Waals surface area contributed by atoms with Crippen molar-refractivity contribution in [1.82, 2.24) is 9.36 Å². The molecule has 0 spiro atoms. The molecule has 0 aliphatic carbocycles. The van der Waals surface area contributed by atoms with E-state index in [9.17, 15) is 5.11 Å². The van der Waals surface area contributed by atoms with Crippen molar-refractivity contribution >= 4 is 22.4 Å². The van der Waals surface area contributed by atoms with Crippen LogP contribution in [0.5, 0.6) is 5.88 Å². The summed E-state index contributed by atoms with van der Waals surface area (Å²) in [6.45, 7) is 1.99. The predicted molar refractivity (Wildman–Crippen MR) is 65.8 cm³/mol. The number of nitrogens with one attached hydrogen (secondary N) is 1. The highest BCUT2D eigenvalue weighted by atomic mass is 32.1. The van der Waals surface area contributed by atoms with Gasteiger partial charge in [0.15, 0.2) is 5.88 Å². The predicted octanol–water partition coefficient (Wildman–Crippen LogP) is 3.31. The van der Waals surface area contributed by atoms with E-state index in [2.05, 4.69) is 15.4 Å². The molecule has 3 nitrogen and oxygen atoms in total. The fraction of sp³-hybridized carbons (Fsp3) is 0.0833. The number of fused-ring (bicyclic) bond motifs is 1. The molecule has 0 aliphatic rings. The molecule has 1 aromatic carbocycles. The van der Waals surface area contributed by atoms with Gasteiger partial charge >= 0.3 is 0 Å². The van der Waals surface area contributed by atoms with Crippen LogP contribution in [0.3, 0.4) is 0 Å². The summed E-state index contributed by atoms with van der Waals surface area (Å²) in [4.78, 5) is 4.06. The molecule has 4 heteroatoms. The van der Waals surface area contributed by atoms with Crippen molar-refractivity contribution in [2.45, 2.75) is 6.92 Å². The van der Waals surface area contributed by atoms with Crippen LogP contribution in [0.15, 0.2) is 30.3 Å². The Hall–Kier alpha value is -1.81. The zero-order valence-corrected chi connectivity index (χ0v) is 9.51. The van der Waals surface area contributed by atoms with Crippen LogP contribution in [-0.4, -0.2) is 14.5 Å². The Labute approximate surface area is 96.5 Å². The van der Waals surface area contributed by atoms with Crippen LogP contribution in [0.4, 0.5) is 0 Å². The first-order chi connectivity index (χ1) is 7.72. The van der Waals surface area contributed by atoms with Gasteiger partial charge in [0.1, 0.15) is 0 Å². The van der Waals surface area contributed by atoms with Gasteiger partial charge in [-0.25, -0.2) is 0 Å². The molecule has 3 rings (SSSR count). The number of nitrogens with zero attached hydrogens (tertiary/aromatic N) is 1. The normalized spacial score (nSPS) is 11.1. The molecular formula is C12H10N2OS. The fourth-order valence-electron chi connectivity index (χ4n) is 1.76. The third-order valence-electron chi connectivity index (χ3n) is 2.52. The smallest absolute Gasteiger partial charge is 0.189 e. The lowest BCUT2D eigenvalue weighted by atomic mass is 10.1. The van der Waals surface area contributed by atoms with Crippen LogP contribution in [0, 0.1) is 6.92 Å². The molecule has 0 unspecified atom stereocenters. The van der Waals surface area contributed by atoms with Crippen LogP contribution < -0.4 is 0 Å². The van der Waals surface area contributed by atoms with Crippen LogP contribution >= 0.6 is 11.5 Å². The molecule has 2 N–H and O–H groups in total. The first-order valence-electron chi connectivity index (χ1n) is 4.98. The minimum Gasteiger partial charge on any atom is -0.495 e. The van der Waals surface area contributed by atoms with Crippen LogP contribution in [0.1, 0.15) is 5.69 Å². The number of hydrogen-bond donors (Lipinski definition) is 2. The first kappa shape index (κ1) is 9.42. The second-order valence-corrected chi connectivity index (χ2v) is 4.59. The van der Waals surface area contributed by atoms with Gasteiger partial charge in [-0.1, -0.05) is 12.1 Å². The van der Waals surface area contributed by atoms with E-state index in [0.29, 0.717) is 0 Å². The van der Waals surface area contributed by atoms with Crippen LogP contribution in [0.25, 0.3) is 21.3 Å². The third-order valence-corrected chi connectivity index (χ3v) is 3.45. The standard InChI is InChI=1S/C12H10N2OS/c1-7-4-11(16-14-7)9-3-2-8-6-12(15)13-10(8)5-9/h2-6,13,15H,1H3. The van der Waals surface area contributed by atoms with Crippen LogP contribution in [0.2, 0.25) is 0 Å². The number of aryl methyl sites for hydroxylation is 1. The largest absolute Gasteiger partial charge is 0.495 e. The van der Waals surface area contributed by atoms with E-state index in [1.54, 1.807) is 6.07 Å². The average molecular weight is 230 g/mol. The van der Waals surface area contributed by atoms with E-state index in [1.165, 1.54) is 11.5 Å². The van der Waals surface area contributed by atoms with Crippen LogP contribution in [-0.2, 0) is 0 Å². The Morgan fingerprint density at radius 3 is 2.88 bits per heavy atom. The number of benzene rings is 1. The maximum Gasteiger partial charge on any atom is 0.189 e. The van der Waals surface area contributed by atoms with Gasteiger partial charge < -0.3 is 10.1 Å². The molecule has 0 bridgehead atoms. The van der Waals surface area contributed by atoms with Gasteiger partial charge in [-0.15, -0.1) is 0 Å². The van der Waals surface area contributed by atoms with Gasteiger partial charge in [-0.3, -0.25) is 0 Å². The Balaban J connectivity index is 2.17. The fourth-order valence-corrected chi connectivity index (χ4v) is 2.52. The zero-order chi connectivity index (χ0) is 11.1. The number of aromatic hydroxyl groups is 1. The number of aromatic amines is 1. The summed E-state index contributed by atoms with van der Waals surface area (Å²) in [7, 11) is 0. The molecule has 16 heavy (non-hydrogen) atoms. The molecule has 0 saturated heterocycles. The van der Waals surface area contributed by atoms with Gasteiger partial charge in [0.05, 0.1) is 10.6 Å². The summed E-state index contributed by atoms with van der Waals surface area (Å²) in [5.74, 6) is 0.202. The Morgan fingerprint density at radius 1 is 1.25 bits per heavy atom. The number of aromatic nitrogens is 2. The molecule has 2 aromatic heterocycles. The van der Waals surface area contributed by atoms with E-state index < -0.39 is 0 Å². The van der Waals surface area contributed by atoms with E-state index in [1.807, 2.05) is 25.1 Å². The molecule has 3 aromatic rings. The summed E-state index contributed by atoms with van der Waals surface area (Å²) in [6, 6.07) is 9.85. The molecule has 0 aliphatic heterocycles. The van der Waals surface area contributed by atoms with Gasteiger partial charge in [0, 0.05) is 17.0 Å². The summed E-state index contributed by atoms with van der Waals surface area (Å²) >= 11 is 1.49. The Bertz CT molecular complexity index is 654. The number of hydrogen-bond acceptors (Lipinski definition) is 3. The summed E-state index contributed by atoms with van der Waals surface area (Å²) < 4.78 is 4.26. The number of rotatable bonds is 1. The van der Waals surface area contributed by atoms with Gasteiger partial charge in [0.2, 0.25) is 0 Å². The van der Waals surface area contributed by atoms with Gasteiger partial charge in [-0.2, -0.15) is 4.37 Å². The summed E-state index contributed by atoms with van der Waals surface area (Å²) in [5.41, 5.74) is 3.11. The van der Waals surface area contributed by atoms with E-state index in [-0.39, 0.29) is 5.88 Å².